The summed E-state index contributed by atoms with van der Waals surface area (Å²) < 4.78 is -1.27. The molecule has 0 saturated carbocycles. The lowest BCUT2D eigenvalue weighted by Crippen LogP contribution is -2.62. The van der Waals surface area contributed by atoms with Gasteiger partial charge in [-0.05, 0) is 0 Å². The lowest BCUT2D eigenvalue weighted by molar-refractivity contribution is -0.0607. The molecule has 12 heteroatoms. The summed E-state index contributed by atoms with van der Waals surface area (Å²) in [6.45, 7) is -2.73. The fraction of sp³-hybridized carbons (Fsp3) is 0.700. The fourth-order valence-corrected chi connectivity index (χ4v) is 4.03. The van der Waals surface area contributed by atoms with E-state index in [1.807, 2.05) is 0 Å². The van der Waals surface area contributed by atoms with E-state index in [1.54, 1.807) is 0 Å². The van der Waals surface area contributed by atoms with Gasteiger partial charge >= 0.3 is 0 Å². The van der Waals surface area contributed by atoms with Crippen LogP contribution >= 0.6 is 47.8 Å². The Bertz CT molecular complexity index is 500. The zero-order valence-corrected chi connectivity index (χ0v) is 16.0. The van der Waals surface area contributed by atoms with Crippen LogP contribution in [-0.4, -0.2) is 63.9 Å². The molecule has 0 saturated heterocycles. The Kier molecular flexibility index (Phi) is 6.52. The van der Waals surface area contributed by atoms with E-state index in [-0.39, 0.29) is 17.7 Å². The number of hydrogen-bond acceptors (Lipinski definition) is 9. The Morgan fingerprint density at radius 3 is 1.45 bits per heavy atom. The Balaban J connectivity index is 3.73. The van der Waals surface area contributed by atoms with Crippen molar-refractivity contribution in [1.82, 2.24) is 15.0 Å². The standard InChI is InChI=1S/C10H16Br3N5O4/c11-10(12,13)9(3-21,4-22)8(1-19,2-20)5-16-6(14)18-7(15)17-5/h19-22H,1-4H2,(H4,14,15,16,17,18). The zero-order valence-electron chi connectivity index (χ0n) is 11.2. The zero-order chi connectivity index (χ0) is 17.2. The van der Waals surface area contributed by atoms with E-state index in [2.05, 4.69) is 62.7 Å². The van der Waals surface area contributed by atoms with Crippen molar-refractivity contribution in [2.24, 2.45) is 5.41 Å². The number of rotatable bonds is 6. The number of aromatic nitrogens is 3. The lowest BCUT2D eigenvalue weighted by atomic mass is 9.65. The van der Waals surface area contributed by atoms with Crippen molar-refractivity contribution in [2.45, 2.75) is 7.56 Å². The number of aliphatic hydroxyl groups excluding tert-OH is 4. The number of nitrogen functional groups attached to an aromatic ring is 2. The highest BCUT2D eigenvalue weighted by Gasteiger charge is 2.62. The minimum atomic E-state index is -1.70. The molecular weight excluding hydrogens is 494 g/mol. The predicted octanol–water partition coefficient (Wildman–Crippen LogP) is -0.932. The second-order valence-electron chi connectivity index (χ2n) is 4.67. The number of nitrogens with zero attached hydrogens (tertiary/aromatic N) is 3. The maximum atomic E-state index is 9.95. The van der Waals surface area contributed by atoms with E-state index in [9.17, 15) is 20.4 Å². The van der Waals surface area contributed by atoms with Crippen LogP contribution in [0.15, 0.2) is 0 Å². The van der Waals surface area contributed by atoms with Gasteiger partial charge in [-0.3, -0.25) is 0 Å². The molecule has 0 aliphatic carbocycles. The van der Waals surface area contributed by atoms with Gasteiger partial charge in [0.25, 0.3) is 0 Å². The van der Waals surface area contributed by atoms with Crippen LogP contribution in [0, 0.1) is 5.41 Å². The SMILES string of the molecule is Nc1nc(N)nc(C(CO)(CO)C(CO)(CO)C(Br)(Br)Br)n1. The van der Waals surface area contributed by atoms with Crippen molar-refractivity contribution >= 4 is 59.7 Å². The Morgan fingerprint density at radius 1 is 0.773 bits per heavy atom. The molecule has 1 rings (SSSR count). The van der Waals surface area contributed by atoms with Crippen molar-refractivity contribution in [2.75, 3.05) is 37.9 Å². The van der Waals surface area contributed by atoms with Gasteiger partial charge in [-0.15, -0.1) is 0 Å². The minimum absolute atomic E-state index is 0.159. The van der Waals surface area contributed by atoms with Crippen LogP contribution in [0.1, 0.15) is 5.82 Å². The van der Waals surface area contributed by atoms with Crippen molar-refractivity contribution < 1.29 is 20.4 Å². The predicted molar refractivity (Wildman–Crippen MR) is 90.6 cm³/mol. The third kappa shape index (κ3) is 3.09. The summed E-state index contributed by atoms with van der Waals surface area (Å²) in [7, 11) is 0. The van der Waals surface area contributed by atoms with Crippen LogP contribution in [-0.2, 0) is 5.41 Å². The summed E-state index contributed by atoms with van der Waals surface area (Å²) in [5.74, 6) is -0.598. The molecule has 0 aliphatic rings. The van der Waals surface area contributed by atoms with Gasteiger partial charge in [0.15, 0.2) is 0 Å². The minimum Gasteiger partial charge on any atom is -0.396 e. The molecule has 0 spiro atoms. The van der Waals surface area contributed by atoms with Crippen molar-refractivity contribution in [3.8, 4) is 0 Å². The van der Waals surface area contributed by atoms with E-state index < -0.39 is 39.4 Å². The van der Waals surface area contributed by atoms with Gasteiger partial charge in [0, 0.05) is 0 Å². The molecule has 1 aromatic rings. The quantitative estimate of drug-likeness (QED) is 0.265. The first-order valence-corrected chi connectivity index (χ1v) is 8.29. The average Bonchev–Trinajstić information content (AvgIpc) is 2.42. The maximum Gasteiger partial charge on any atom is 0.225 e. The van der Waals surface area contributed by atoms with Crippen LogP contribution in [0.4, 0.5) is 11.9 Å². The Labute approximate surface area is 151 Å². The van der Waals surface area contributed by atoms with Crippen LogP contribution in [0.2, 0.25) is 0 Å². The van der Waals surface area contributed by atoms with E-state index in [0.717, 1.165) is 0 Å². The van der Waals surface area contributed by atoms with E-state index in [0.29, 0.717) is 0 Å². The number of anilines is 2. The number of nitrogens with two attached hydrogens (primary N) is 2. The highest BCUT2D eigenvalue weighted by molar-refractivity contribution is 9.39. The molecule has 0 bridgehead atoms. The van der Waals surface area contributed by atoms with Crippen molar-refractivity contribution in [3.63, 3.8) is 0 Å². The van der Waals surface area contributed by atoms with E-state index in [4.69, 9.17) is 11.5 Å². The normalized spacial score (nSPS) is 13.4. The van der Waals surface area contributed by atoms with Crippen LogP contribution in [0.25, 0.3) is 0 Å². The highest BCUT2D eigenvalue weighted by Crippen LogP contribution is 2.58. The molecule has 0 atom stereocenters. The molecule has 0 amide bonds. The third-order valence-electron chi connectivity index (χ3n) is 3.64. The van der Waals surface area contributed by atoms with Gasteiger partial charge in [-0.2, -0.15) is 15.0 Å². The second-order valence-corrected chi connectivity index (χ2v) is 11.4. The van der Waals surface area contributed by atoms with Gasteiger partial charge in [0.2, 0.25) is 11.9 Å². The van der Waals surface area contributed by atoms with Crippen LogP contribution in [0.3, 0.4) is 0 Å². The van der Waals surface area contributed by atoms with Gasteiger partial charge in [-0.25, -0.2) is 0 Å². The van der Waals surface area contributed by atoms with E-state index in [1.165, 1.54) is 0 Å². The molecule has 0 unspecified atom stereocenters. The number of alkyl halides is 3. The van der Waals surface area contributed by atoms with Crippen molar-refractivity contribution in [1.29, 1.82) is 0 Å². The molecule has 1 aromatic heterocycles. The first-order chi connectivity index (χ1) is 10.1. The molecule has 22 heavy (non-hydrogen) atoms. The Morgan fingerprint density at radius 2 is 1.18 bits per heavy atom. The smallest absolute Gasteiger partial charge is 0.225 e. The topological polar surface area (TPSA) is 172 Å². The summed E-state index contributed by atoms with van der Waals surface area (Å²) in [6, 6.07) is 0. The fourth-order valence-electron chi connectivity index (χ4n) is 2.13. The highest BCUT2D eigenvalue weighted by atomic mass is 80.0. The molecule has 0 fully saturated rings. The Hall–Kier alpha value is -0.110. The molecule has 1 heterocycles. The van der Waals surface area contributed by atoms with Gasteiger partial charge in [-0.1, -0.05) is 47.8 Å². The summed E-state index contributed by atoms with van der Waals surface area (Å²) in [5.41, 5.74) is 7.79. The summed E-state index contributed by atoms with van der Waals surface area (Å²) in [5, 5.41) is 39.7. The summed E-state index contributed by atoms with van der Waals surface area (Å²) in [4.78, 5) is 11.4. The first kappa shape index (κ1) is 19.9. The second kappa shape index (κ2) is 7.20. The lowest BCUT2D eigenvalue weighted by Gasteiger charge is -2.50. The number of halogens is 3. The average molecular weight is 510 g/mol. The first-order valence-electron chi connectivity index (χ1n) is 5.92. The van der Waals surface area contributed by atoms with Gasteiger partial charge in [0.05, 0.1) is 37.3 Å². The van der Waals surface area contributed by atoms with Crippen LogP contribution in [0.5, 0.6) is 0 Å². The molecule has 8 N–H and O–H groups in total. The number of aliphatic hydroxyl groups is 4. The maximum absolute atomic E-state index is 9.95. The van der Waals surface area contributed by atoms with E-state index >= 15 is 0 Å². The molecule has 126 valence electrons. The van der Waals surface area contributed by atoms with Crippen molar-refractivity contribution in [3.05, 3.63) is 5.82 Å². The third-order valence-corrected chi connectivity index (χ3v) is 5.91. The molecule has 9 nitrogen and oxygen atoms in total. The largest absolute Gasteiger partial charge is 0.396 e. The molecular formula is C10H16Br3N5O4. The molecule has 0 aliphatic heterocycles. The summed E-state index contributed by atoms with van der Waals surface area (Å²) in [6.07, 6.45) is 0. The van der Waals surface area contributed by atoms with Crippen LogP contribution < -0.4 is 11.5 Å². The summed E-state index contributed by atoms with van der Waals surface area (Å²) >= 11 is 9.70. The molecule has 0 radical (unpaired) electrons. The van der Waals surface area contributed by atoms with Gasteiger partial charge < -0.3 is 31.9 Å². The monoisotopic (exact) mass is 507 g/mol. The van der Waals surface area contributed by atoms with Gasteiger partial charge in [0.1, 0.15) is 7.97 Å². The number of hydrogen-bond donors (Lipinski definition) is 6. The molecule has 0 aromatic carbocycles.